The Morgan fingerprint density at radius 2 is 2.00 bits per heavy atom. The number of hydrogen-bond acceptors (Lipinski definition) is 1. The molecule has 0 aromatic heterocycles. The highest BCUT2D eigenvalue weighted by Gasteiger charge is 2.17. The van der Waals surface area contributed by atoms with Crippen LogP contribution < -0.4 is 5.32 Å². The largest absolute Gasteiger partial charge is 0.310 e. The van der Waals surface area contributed by atoms with Gasteiger partial charge in [0.05, 0.1) is 0 Å². The van der Waals surface area contributed by atoms with E-state index in [2.05, 4.69) is 5.32 Å². The molecule has 0 amide bonds. The zero-order valence-corrected chi connectivity index (χ0v) is 9.12. The third-order valence-corrected chi connectivity index (χ3v) is 2.65. The molecule has 15 heavy (non-hydrogen) atoms. The summed E-state index contributed by atoms with van der Waals surface area (Å²) >= 11 is 0. The second-order valence-electron chi connectivity index (χ2n) is 3.67. The van der Waals surface area contributed by atoms with E-state index in [1.807, 2.05) is 0 Å². The lowest BCUT2D eigenvalue weighted by Crippen LogP contribution is -2.27. The van der Waals surface area contributed by atoms with Gasteiger partial charge in [-0.15, -0.1) is 12.4 Å². The van der Waals surface area contributed by atoms with Crippen molar-refractivity contribution in [2.45, 2.75) is 25.3 Å². The monoisotopic (exact) mass is 233 g/mol. The van der Waals surface area contributed by atoms with Crippen LogP contribution in [0.2, 0.25) is 0 Å². The molecule has 0 bridgehead atoms. The molecular formula is C11H14ClF2N. The van der Waals surface area contributed by atoms with E-state index in [-0.39, 0.29) is 18.4 Å². The minimum atomic E-state index is -0.512. The minimum Gasteiger partial charge on any atom is -0.310 e. The second-order valence-corrected chi connectivity index (χ2v) is 3.67. The van der Waals surface area contributed by atoms with Gasteiger partial charge in [0.15, 0.2) is 0 Å². The molecule has 1 aliphatic rings. The van der Waals surface area contributed by atoms with Gasteiger partial charge in [-0.25, -0.2) is 8.78 Å². The van der Waals surface area contributed by atoms with E-state index < -0.39 is 11.6 Å². The fourth-order valence-electron chi connectivity index (χ4n) is 1.90. The Morgan fingerprint density at radius 1 is 1.20 bits per heavy atom. The molecule has 1 saturated heterocycles. The Morgan fingerprint density at radius 3 is 2.60 bits per heavy atom. The van der Waals surface area contributed by atoms with Crippen LogP contribution in [0.5, 0.6) is 0 Å². The van der Waals surface area contributed by atoms with Gasteiger partial charge in [0.25, 0.3) is 0 Å². The van der Waals surface area contributed by atoms with Gasteiger partial charge in [0.2, 0.25) is 0 Å². The first-order valence-electron chi connectivity index (χ1n) is 4.96. The summed E-state index contributed by atoms with van der Waals surface area (Å²) in [5.41, 5.74) is 0.589. The van der Waals surface area contributed by atoms with Crippen molar-refractivity contribution in [3.05, 3.63) is 35.4 Å². The molecule has 84 valence electrons. The lowest BCUT2D eigenvalue weighted by atomic mass is 9.97. The van der Waals surface area contributed by atoms with E-state index in [1.54, 1.807) is 0 Å². The van der Waals surface area contributed by atoms with Gasteiger partial charge in [-0.05, 0) is 25.5 Å². The van der Waals surface area contributed by atoms with Crippen LogP contribution in [0.1, 0.15) is 30.9 Å². The summed E-state index contributed by atoms with van der Waals surface area (Å²) in [5, 5.41) is 3.23. The van der Waals surface area contributed by atoms with Gasteiger partial charge in [-0.1, -0.05) is 12.5 Å². The summed E-state index contributed by atoms with van der Waals surface area (Å²) in [5.74, 6) is -0.952. The molecule has 1 aliphatic heterocycles. The van der Waals surface area contributed by atoms with Crippen molar-refractivity contribution in [2.24, 2.45) is 0 Å². The SMILES string of the molecule is Cl.Fc1ccc(C2CCCCN2)c(F)c1. The fourth-order valence-corrected chi connectivity index (χ4v) is 1.90. The predicted molar refractivity (Wildman–Crippen MR) is 58.2 cm³/mol. The van der Waals surface area contributed by atoms with E-state index >= 15 is 0 Å². The topological polar surface area (TPSA) is 12.0 Å². The van der Waals surface area contributed by atoms with Crippen molar-refractivity contribution in [1.82, 2.24) is 5.32 Å². The number of rotatable bonds is 1. The molecule has 0 saturated carbocycles. The lowest BCUT2D eigenvalue weighted by Gasteiger charge is -2.24. The van der Waals surface area contributed by atoms with E-state index in [9.17, 15) is 8.78 Å². The summed E-state index contributed by atoms with van der Waals surface area (Å²) in [6.45, 7) is 0.918. The summed E-state index contributed by atoms with van der Waals surface area (Å²) in [7, 11) is 0. The van der Waals surface area contributed by atoms with Crippen LogP contribution >= 0.6 is 12.4 Å². The van der Waals surface area contributed by atoms with E-state index in [1.165, 1.54) is 12.1 Å². The normalized spacial score (nSPS) is 20.8. The summed E-state index contributed by atoms with van der Waals surface area (Å²) < 4.78 is 26.0. The molecule has 0 aliphatic carbocycles. The highest BCUT2D eigenvalue weighted by molar-refractivity contribution is 5.85. The first-order valence-corrected chi connectivity index (χ1v) is 4.96. The van der Waals surface area contributed by atoms with Gasteiger partial charge in [-0.2, -0.15) is 0 Å². The van der Waals surface area contributed by atoms with Crippen molar-refractivity contribution in [3.63, 3.8) is 0 Å². The first kappa shape index (κ1) is 12.4. The Kier molecular flexibility index (Phi) is 4.48. The molecule has 0 spiro atoms. The van der Waals surface area contributed by atoms with Gasteiger partial charge in [0.1, 0.15) is 11.6 Å². The maximum Gasteiger partial charge on any atom is 0.130 e. The molecule has 2 rings (SSSR count). The molecule has 0 radical (unpaired) electrons. The van der Waals surface area contributed by atoms with Crippen LogP contribution in [0.3, 0.4) is 0 Å². The Bertz CT molecular complexity index is 324. The second kappa shape index (κ2) is 5.42. The smallest absolute Gasteiger partial charge is 0.130 e. The number of benzene rings is 1. The number of hydrogen-bond donors (Lipinski definition) is 1. The van der Waals surface area contributed by atoms with Gasteiger partial charge >= 0.3 is 0 Å². The minimum absolute atomic E-state index is 0. The lowest BCUT2D eigenvalue weighted by molar-refractivity contribution is 0.398. The third kappa shape index (κ3) is 2.89. The molecule has 1 heterocycles. The summed E-state index contributed by atoms with van der Waals surface area (Å²) in [6.07, 6.45) is 3.18. The molecule has 1 aromatic rings. The summed E-state index contributed by atoms with van der Waals surface area (Å²) in [6, 6.07) is 3.86. The molecule has 4 heteroatoms. The Hall–Kier alpha value is -0.670. The number of piperidine rings is 1. The molecule has 1 atom stereocenters. The van der Waals surface area contributed by atoms with E-state index in [0.29, 0.717) is 5.56 Å². The van der Waals surface area contributed by atoms with Crippen LogP contribution in [-0.2, 0) is 0 Å². The third-order valence-electron chi connectivity index (χ3n) is 2.65. The first-order chi connectivity index (χ1) is 6.77. The Labute approximate surface area is 94.3 Å². The van der Waals surface area contributed by atoms with Gasteiger partial charge in [0, 0.05) is 17.7 Å². The summed E-state index contributed by atoms with van der Waals surface area (Å²) in [4.78, 5) is 0. The van der Waals surface area contributed by atoms with Crippen molar-refractivity contribution in [2.75, 3.05) is 6.54 Å². The zero-order valence-electron chi connectivity index (χ0n) is 8.30. The predicted octanol–water partition coefficient (Wildman–Crippen LogP) is 3.20. The van der Waals surface area contributed by atoms with Crippen LogP contribution in [0.4, 0.5) is 8.78 Å². The average molecular weight is 234 g/mol. The van der Waals surface area contributed by atoms with Crippen LogP contribution in [0.15, 0.2) is 18.2 Å². The van der Waals surface area contributed by atoms with Crippen LogP contribution in [0, 0.1) is 11.6 Å². The van der Waals surface area contributed by atoms with Crippen molar-refractivity contribution >= 4 is 12.4 Å². The van der Waals surface area contributed by atoms with Gasteiger partial charge < -0.3 is 5.32 Å². The fraction of sp³-hybridized carbons (Fsp3) is 0.455. The van der Waals surface area contributed by atoms with Crippen LogP contribution in [-0.4, -0.2) is 6.54 Å². The molecule has 1 aromatic carbocycles. The number of halogens is 3. The number of nitrogens with one attached hydrogen (secondary N) is 1. The maximum atomic E-state index is 13.4. The quantitative estimate of drug-likeness (QED) is 0.786. The highest BCUT2D eigenvalue weighted by Crippen LogP contribution is 2.25. The van der Waals surface area contributed by atoms with E-state index in [0.717, 1.165) is 31.9 Å². The van der Waals surface area contributed by atoms with Crippen molar-refractivity contribution < 1.29 is 8.78 Å². The van der Waals surface area contributed by atoms with Crippen molar-refractivity contribution in [3.8, 4) is 0 Å². The molecule has 1 N–H and O–H groups in total. The van der Waals surface area contributed by atoms with Crippen molar-refractivity contribution in [1.29, 1.82) is 0 Å². The standard InChI is InChI=1S/C11H13F2N.ClH/c12-8-4-5-9(10(13)7-8)11-3-1-2-6-14-11;/h4-5,7,11,14H,1-3,6H2;1H. The van der Waals surface area contributed by atoms with Gasteiger partial charge in [-0.3, -0.25) is 0 Å². The maximum absolute atomic E-state index is 13.4. The Balaban J connectivity index is 0.00000112. The average Bonchev–Trinajstić information content (AvgIpc) is 2.19. The highest BCUT2D eigenvalue weighted by atomic mass is 35.5. The molecule has 1 unspecified atom stereocenters. The van der Waals surface area contributed by atoms with E-state index in [4.69, 9.17) is 0 Å². The zero-order chi connectivity index (χ0) is 9.97. The molecule has 1 fully saturated rings. The molecule has 1 nitrogen and oxygen atoms in total. The molecular weight excluding hydrogens is 220 g/mol. The van der Waals surface area contributed by atoms with Crippen LogP contribution in [0.25, 0.3) is 0 Å².